The number of rotatable bonds is 6. The van der Waals surface area contributed by atoms with Crippen LogP contribution in [-0.4, -0.2) is 47.9 Å². The third kappa shape index (κ3) is 4.56. The molecule has 29 heavy (non-hydrogen) atoms. The van der Waals surface area contributed by atoms with Crippen molar-refractivity contribution >= 4 is 21.5 Å². The maximum Gasteiger partial charge on any atom is 0.240 e. The molecule has 0 bridgehead atoms. The Hall–Kier alpha value is -2.52. The van der Waals surface area contributed by atoms with Gasteiger partial charge in [0.1, 0.15) is 5.82 Å². The van der Waals surface area contributed by atoms with Gasteiger partial charge in [-0.1, -0.05) is 25.0 Å². The SMILES string of the molecule is Cc1cccc(S(=O)(=O)NCCc2nnc3ccc(N4CCCCCC4)nn23)c1. The van der Waals surface area contributed by atoms with E-state index in [4.69, 9.17) is 5.10 Å². The van der Waals surface area contributed by atoms with E-state index in [9.17, 15) is 8.42 Å². The lowest BCUT2D eigenvalue weighted by Crippen LogP contribution is -2.27. The fraction of sp³-hybridized carbons (Fsp3) is 0.450. The minimum atomic E-state index is -3.55. The Bertz CT molecular complexity index is 1090. The molecule has 3 aromatic rings. The van der Waals surface area contributed by atoms with Crippen LogP contribution in [-0.2, 0) is 16.4 Å². The molecule has 1 N–H and O–H groups in total. The molecule has 0 aliphatic carbocycles. The summed E-state index contributed by atoms with van der Waals surface area (Å²) in [6.45, 7) is 4.11. The summed E-state index contributed by atoms with van der Waals surface area (Å²) < 4.78 is 29.4. The van der Waals surface area contributed by atoms with Crippen LogP contribution in [0.1, 0.15) is 37.1 Å². The highest BCUT2D eigenvalue weighted by Crippen LogP contribution is 2.18. The monoisotopic (exact) mass is 414 g/mol. The summed E-state index contributed by atoms with van der Waals surface area (Å²) in [6.07, 6.45) is 5.28. The van der Waals surface area contributed by atoms with Crippen molar-refractivity contribution in [2.75, 3.05) is 24.5 Å². The zero-order chi connectivity index (χ0) is 20.3. The first kappa shape index (κ1) is 19.8. The van der Waals surface area contributed by atoms with E-state index in [1.807, 2.05) is 25.1 Å². The molecule has 154 valence electrons. The average molecular weight is 415 g/mol. The predicted octanol–water partition coefficient (Wildman–Crippen LogP) is 2.33. The molecule has 0 amide bonds. The van der Waals surface area contributed by atoms with Gasteiger partial charge >= 0.3 is 0 Å². The number of benzene rings is 1. The molecule has 2 aromatic heterocycles. The van der Waals surface area contributed by atoms with Crippen LogP contribution in [0.25, 0.3) is 5.65 Å². The molecule has 8 nitrogen and oxygen atoms in total. The van der Waals surface area contributed by atoms with E-state index in [0.717, 1.165) is 24.5 Å². The second-order valence-electron chi connectivity index (χ2n) is 7.44. The van der Waals surface area contributed by atoms with Gasteiger partial charge in [0.25, 0.3) is 0 Å². The number of aryl methyl sites for hydroxylation is 1. The van der Waals surface area contributed by atoms with Crippen LogP contribution >= 0.6 is 0 Å². The molecule has 1 aliphatic heterocycles. The first-order chi connectivity index (χ1) is 14.0. The molecule has 4 rings (SSSR count). The molecule has 0 atom stereocenters. The quantitative estimate of drug-likeness (QED) is 0.666. The second-order valence-corrected chi connectivity index (χ2v) is 9.21. The minimum absolute atomic E-state index is 0.229. The zero-order valence-corrected chi connectivity index (χ0v) is 17.4. The lowest BCUT2D eigenvalue weighted by molar-refractivity contribution is 0.580. The van der Waals surface area contributed by atoms with Gasteiger partial charge in [-0.3, -0.25) is 0 Å². The van der Waals surface area contributed by atoms with Crippen molar-refractivity contribution in [2.45, 2.75) is 43.9 Å². The van der Waals surface area contributed by atoms with Crippen molar-refractivity contribution in [3.63, 3.8) is 0 Å². The highest BCUT2D eigenvalue weighted by Gasteiger charge is 2.16. The molecule has 3 heterocycles. The normalized spacial score (nSPS) is 15.6. The molecule has 1 aromatic carbocycles. The molecular weight excluding hydrogens is 388 g/mol. The van der Waals surface area contributed by atoms with Gasteiger partial charge in [-0.25, -0.2) is 13.1 Å². The molecule has 1 saturated heterocycles. The van der Waals surface area contributed by atoms with E-state index in [2.05, 4.69) is 19.8 Å². The first-order valence-corrected chi connectivity index (χ1v) is 11.5. The van der Waals surface area contributed by atoms with Crippen LogP contribution in [0.15, 0.2) is 41.3 Å². The van der Waals surface area contributed by atoms with E-state index in [-0.39, 0.29) is 11.4 Å². The van der Waals surface area contributed by atoms with Gasteiger partial charge in [0.05, 0.1) is 4.90 Å². The number of nitrogens with zero attached hydrogens (tertiary/aromatic N) is 5. The van der Waals surface area contributed by atoms with Gasteiger partial charge in [0.15, 0.2) is 11.5 Å². The molecule has 1 fully saturated rings. The van der Waals surface area contributed by atoms with Crippen LogP contribution in [0.3, 0.4) is 0 Å². The molecular formula is C20H26N6O2S. The summed E-state index contributed by atoms with van der Waals surface area (Å²) in [5, 5.41) is 13.1. The Morgan fingerprint density at radius 1 is 1.03 bits per heavy atom. The smallest absolute Gasteiger partial charge is 0.240 e. The highest BCUT2D eigenvalue weighted by atomic mass is 32.2. The van der Waals surface area contributed by atoms with Crippen LogP contribution in [0, 0.1) is 6.92 Å². The van der Waals surface area contributed by atoms with Crippen LogP contribution in [0.5, 0.6) is 0 Å². The number of anilines is 1. The molecule has 1 aliphatic rings. The van der Waals surface area contributed by atoms with Crippen LogP contribution < -0.4 is 9.62 Å². The first-order valence-electron chi connectivity index (χ1n) is 10.1. The molecule has 0 radical (unpaired) electrons. The average Bonchev–Trinajstić information content (AvgIpc) is 2.92. The largest absolute Gasteiger partial charge is 0.355 e. The van der Waals surface area contributed by atoms with Crippen LogP contribution in [0.4, 0.5) is 5.82 Å². The van der Waals surface area contributed by atoms with E-state index in [0.29, 0.717) is 17.9 Å². The molecule has 0 spiro atoms. The summed E-state index contributed by atoms with van der Waals surface area (Å²) >= 11 is 0. The number of hydrogen-bond donors (Lipinski definition) is 1. The Kier molecular flexibility index (Phi) is 5.77. The van der Waals surface area contributed by atoms with Gasteiger partial charge in [0, 0.05) is 26.1 Å². The fourth-order valence-electron chi connectivity index (χ4n) is 3.61. The number of sulfonamides is 1. The topological polar surface area (TPSA) is 92.5 Å². The summed E-state index contributed by atoms with van der Waals surface area (Å²) in [5.41, 5.74) is 1.57. The van der Waals surface area contributed by atoms with Gasteiger partial charge in [-0.05, 0) is 49.6 Å². The van der Waals surface area contributed by atoms with Crippen molar-refractivity contribution in [1.29, 1.82) is 0 Å². The van der Waals surface area contributed by atoms with Crippen molar-refractivity contribution in [1.82, 2.24) is 24.5 Å². The Morgan fingerprint density at radius 3 is 2.59 bits per heavy atom. The third-order valence-corrected chi connectivity index (χ3v) is 6.64. The van der Waals surface area contributed by atoms with E-state index >= 15 is 0 Å². The standard InChI is InChI=1S/C20H26N6O2S/c1-16-7-6-8-17(15-16)29(27,28)21-12-11-19-23-22-18-9-10-20(24-26(18)19)25-13-4-2-3-5-14-25/h6-10,15,21H,2-5,11-14H2,1H3. The number of fused-ring (bicyclic) bond motifs is 1. The maximum atomic E-state index is 12.5. The van der Waals surface area contributed by atoms with Crippen molar-refractivity contribution in [2.24, 2.45) is 0 Å². The van der Waals surface area contributed by atoms with Gasteiger partial charge < -0.3 is 4.90 Å². The fourth-order valence-corrected chi connectivity index (χ4v) is 4.75. The number of hydrogen-bond acceptors (Lipinski definition) is 6. The minimum Gasteiger partial charge on any atom is -0.355 e. The summed E-state index contributed by atoms with van der Waals surface area (Å²) in [5.74, 6) is 1.56. The molecule has 0 unspecified atom stereocenters. The third-order valence-electron chi connectivity index (χ3n) is 5.18. The van der Waals surface area contributed by atoms with Crippen molar-refractivity contribution < 1.29 is 8.42 Å². The van der Waals surface area contributed by atoms with Gasteiger partial charge in [0.2, 0.25) is 10.0 Å². The lowest BCUT2D eigenvalue weighted by atomic mass is 10.2. The predicted molar refractivity (Wildman–Crippen MR) is 112 cm³/mol. The van der Waals surface area contributed by atoms with Gasteiger partial charge in [-0.2, -0.15) is 4.52 Å². The summed E-state index contributed by atoms with van der Waals surface area (Å²) in [7, 11) is -3.55. The Morgan fingerprint density at radius 2 is 1.83 bits per heavy atom. The lowest BCUT2D eigenvalue weighted by Gasteiger charge is -2.21. The molecule has 9 heteroatoms. The Balaban J connectivity index is 1.47. The van der Waals surface area contributed by atoms with E-state index < -0.39 is 10.0 Å². The van der Waals surface area contributed by atoms with Crippen molar-refractivity contribution in [3.05, 3.63) is 47.8 Å². The maximum absolute atomic E-state index is 12.5. The molecule has 0 saturated carbocycles. The highest BCUT2D eigenvalue weighted by molar-refractivity contribution is 7.89. The second kappa shape index (κ2) is 8.46. The van der Waals surface area contributed by atoms with E-state index in [1.54, 1.807) is 22.7 Å². The van der Waals surface area contributed by atoms with Gasteiger partial charge in [-0.15, -0.1) is 15.3 Å². The summed E-state index contributed by atoms with van der Waals surface area (Å²) in [6, 6.07) is 10.8. The number of aromatic nitrogens is 4. The van der Waals surface area contributed by atoms with E-state index in [1.165, 1.54) is 25.7 Å². The zero-order valence-electron chi connectivity index (χ0n) is 16.6. The number of nitrogens with one attached hydrogen (secondary N) is 1. The Labute approximate surface area is 171 Å². The van der Waals surface area contributed by atoms with Crippen molar-refractivity contribution in [3.8, 4) is 0 Å². The van der Waals surface area contributed by atoms with Crippen LogP contribution in [0.2, 0.25) is 0 Å². The summed E-state index contributed by atoms with van der Waals surface area (Å²) in [4.78, 5) is 2.57.